The maximum atomic E-state index is 13.2. The predicted molar refractivity (Wildman–Crippen MR) is 145 cm³/mol. The van der Waals surface area contributed by atoms with E-state index in [4.69, 9.17) is 11.5 Å². The third kappa shape index (κ3) is 5.77. The van der Waals surface area contributed by atoms with Gasteiger partial charge in [0.15, 0.2) is 0 Å². The molecule has 200 valence electrons. The number of nitrogen functional groups attached to an aromatic ring is 2. The SMILES string of the molecule is Cc1ccc(O)c(N=Nc2c(N)c(N=Nc3ccccc3S(=O)(=O)c3ccccc3)cc(S(=O)(=O)O)c2N)c1. The van der Waals surface area contributed by atoms with Crippen LogP contribution in [-0.4, -0.2) is 26.5 Å². The number of anilines is 2. The zero-order valence-corrected chi connectivity index (χ0v) is 21.9. The van der Waals surface area contributed by atoms with Gasteiger partial charge in [-0.2, -0.15) is 8.42 Å². The Balaban J connectivity index is 1.85. The van der Waals surface area contributed by atoms with Gasteiger partial charge >= 0.3 is 0 Å². The molecule has 0 aliphatic carbocycles. The third-order valence-corrected chi connectivity index (χ3v) is 8.17. The first-order valence-electron chi connectivity index (χ1n) is 11.1. The quantitative estimate of drug-likeness (QED) is 0.122. The van der Waals surface area contributed by atoms with Crippen LogP contribution in [0.5, 0.6) is 5.75 Å². The first-order chi connectivity index (χ1) is 18.4. The van der Waals surface area contributed by atoms with Crippen LogP contribution in [0.3, 0.4) is 0 Å². The minimum Gasteiger partial charge on any atom is -0.506 e. The minimum atomic E-state index is -4.87. The smallest absolute Gasteiger partial charge is 0.296 e. The van der Waals surface area contributed by atoms with Gasteiger partial charge in [0.1, 0.15) is 33.4 Å². The van der Waals surface area contributed by atoms with Crippen LogP contribution in [0.4, 0.5) is 34.1 Å². The van der Waals surface area contributed by atoms with Crippen molar-refractivity contribution in [2.75, 3.05) is 11.5 Å². The van der Waals surface area contributed by atoms with Crippen molar-refractivity contribution in [3.8, 4) is 5.75 Å². The zero-order chi connectivity index (χ0) is 28.4. The van der Waals surface area contributed by atoms with Crippen LogP contribution < -0.4 is 11.5 Å². The molecule has 4 aromatic rings. The fraction of sp³-hybridized carbons (Fsp3) is 0.0400. The molecule has 0 spiro atoms. The van der Waals surface area contributed by atoms with Crippen LogP contribution >= 0.6 is 0 Å². The Morgan fingerprint density at radius 3 is 1.97 bits per heavy atom. The average Bonchev–Trinajstić information content (AvgIpc) is 2.90. The molecule has 39 heavy (non-hydrogen) atoms. The molecule has 14 heteroatoms. The lowest BCUT2D eigenvalue weighted by Gasteiger charge is -2.11. The van der Waals surface area contributed by atoms with Crippen molar-refractivity contribution in [2.24, 2.45) is 20.5 Å². The molecule has 4 aromatic carbocycles. The number of hydrogen-bond acceptors (Lipinski definition) is 11. The van der Waals surface area contributed by atoms with Crippen molar-refractivity contribution in [3.63, 3.8) is 0 Å². The summed E-state index contributed by atoms with van der Waals surface area (Å²) in [7, 11) is -8.85. The number of aryl methyl sites for hydroxylation is 1. The Hall–Kier alpha value is -4.66. The van der Waals surface area contributed by atoms with Gasteiger partial charge in [0, 0.05) is 0 Å². The summed E-state index contributed by atoms with van der Waals surface area (Å²) < 4.78 is 60.2. The summed E-state index contributed by atoms with van der Waals surface area (Å²) in [4.78, 5) is -0.882. The normalized spacial score (nSPS) is 12.4. The van der Waals surface area contributed by atoms with Gasteiger partial charge in [-0.05, 0) is 55.0 Å². The maximum Gasteiger partial charge on any atom is 0.296 e. The van der Waals surface area contributed by atoms with Crippen molar-refractivity contribution < 1.29 is 26.5 Å². The number of phenols is 1. The first-order valence-corrected chi connectivity index (χ1v) is 14.0. The molecule has 0 radical (unpaired) electrons. The van der Waals surface area contributed by atoms with Gasteiger partial charge in [-0.15, -0.1) is 20.5 Å². The number of sulfone groups is 1. The van der Waals surface area contributed by atoms with Crippen LogP contribution in [0.15, 0.2) is 114 Å². The number of nitrogens with two attached hydrogens (primary N) is 2. The molecule has 0 saturated carbocycles. The summed E-state index contributed by atoms with van der Waals surface area (Å²) in [5.41, 5.74) is 11.4. The van der Waals surface area contributed by atoms with Gasteiger partial charge in [-0.1, -0.05) is 36.4 Å². The Morgan fingerprint density at radius 2 is 1.28 bits per heavy atom. The van der Waals surface area contributed by atoms with Crippen molar-refractivity contribution in [1.82, 2.24) is 0 Å². The summed E-state index contributed by atoms with van der Waals surface area (Å²) in [6.07, 6.45) is 0. The molecule has 0 aliphatic rings. The second-order valence-electron chi connectivity index (χ2n) is 8.22. The van der Waals surface area contributed by atoms with E-state index in [0.717, 1.165) is 11.6 Å². The molecule has 4 rings (SSSR count). The molecule has 12 nitrogen and oxygen atoms in total. The molecule has 0 saturated heterocycles. The molecule has 0 bridgehead atoms. The summed E-state index contributed by atoms with van der Waals surface area (Å²) in [5.74, 6) is -0.205. The second-order valence-corrected chi connectivity index (χ2v) is 11.5. The van der Waals surface area contributed by atoms with Gasteiger partial charge < -0.3 is 16.6 Å². The van der Waals surface area contributed by atoms with E-state index in [-0.39, 0.29) is 44.0 Å². The zero-order valence-electron chi connectivity index (χ0n) is 20.3. The molecule has 6 N–H and O–H groups in total. The highest BCUT2D eigenvalue weighted by Crippen LogP contribution is 2.44. The van der Waals surface area contributed by atoms with E-state index in [1.807, 2.05) is 0 Å². The summed E-state index contributed by atoms with van der Waals surface area (Å²) in [6.45, 7) is 1.76. The van der Waals surface area contributed by atoms with E-state index in [1.165, 1.54) is 42.5 Å². The van der Waals surface area contributed by atoms with E-state index in [2.05, 4.69) is 20.5 Å². The largest absolute Gasteiger partial charge is 0.506 e. The number of aromatic hydroxyl groups is 1. The molecule has 0 aromatic heterocycles. The van der Waals surface area contributed by atoms with Crippen molar-refractivity contribution in [1.29, 1.82) is 0 Å². The van der Waals surface area contributed by atoms with E-state index >= 15 is 0 Å². The lowest BCUT2D eigenvalue weighted by Crippen LogP contribution is -2.05. The average molecular weight is 567 g/mol. The highest BCUT2D eigenvalue weighted by molar-refractivity contribution is 7.91. The minimum absolute atomic E-state index is 0.0374. The van der Waals surface area contributed by atoms with Crippen LogP contribution in [0, 0.1) is 6.92 Å². The van der Waals surface area contributed by atoms with Crippen molar-refractivity contribution in [3.05, 3.63) is 84.4 Å². The van der Waals surface area contributed by atoms with Gasteiger partial charge in [-0.3, -0.25) is 4.55 Å². The lowest BCUT2D eigenvalue weighted by molar-refractivity contribution is 0.476. The molecule has 0 fully saturated rings. The van der Waals surface area contributed by atoms with Crippen molar-refractivity contribution >= 4 is 54.1 Å². The molecule has 0 unspecified atom stereocenters. The molecule has 0 heterocycles. The highest BCUT2D eigenvalue weighted by Gasteiger charge is 2.24. The number of nitrogens with zero attached hydrogens (tertiary/aromatic N) is 4. The van der Waals surface area contributed by atoms with Crippen LogP contribution in [-0.2, 0) is 20.0 Å². The molecular formula is C25H22N6O6S2. The number of hydrogen-bond donors (Lipinski definition) is 4. The Kier molecular flexibility index (Phi) is 7.44. The van der Waals surface area contributed by atoms with Crippen molar-refractivity contribution in [2.45, 2.75) is 21.6 Å². The maximum absolute atomic E-state index is 13.2. The van der Waals surface area contributed by atoms with Crippen LogP contribution in [0.2, 0.25) is 0 Å². The number of rotatable bonds is 7. The van der Waals surface area contributed by atoms with E-state index in [1.54, 1.807) is 37.3 Å². The predicted octanol–water partition coefficient (Wildman–Crippen LogP) is 5.78. The van der Waals surface area contributed by atoms with Crippen LogP contribution in [0.1, 0.15) is 5.56 Å². The fourth-order valence-electron chi connectivity index (χ4n) is 3.49. The summed E-state index contributed by atoms with van der Waals surface area (Å²) >= 11 is 0. The third-order valence-electron chi connectivity index (χ3n) is 5.46. The Labute approximate surface area is 224 Å². The second kappa shape index (κ2) is 10.6. The molecule has 0 aliphatic heterocycles. The highest BCUT2D eigenvalue weighted by atomic mass is 32.2. The number of benzene rings is 4. The van der Waals surface area contributed by atoms with Gasteiger partial charge in [0.25, 0.3) is 10.1 Å². The fourth-order valence-corrected chi connectivity index (χ4v) is 5.53. The van der Waals surface area contributed by atoms with Gasteiger partial charge in [0.2, 0.25) is 9.84 Å². The molecule has 0 atom stereocenters. The lowest BCUT2D eigenvalue weighted by atomic mass is 10.2. The van der Waals surface area contributed by atoms with Gasteiger partial charge in [-0.25, -0.2) is 8.42 Å². The Bertz CT molecular complexity index is 1840. The number of phenolic OH excluding ortho intramolecular Hbond substituents is 1. The summed E-state index contributed by atoms with van der Waals surface area (Å²) in [5, 5.41) is 25.8. The topological polar surface area (TPSA) is 210 Å². The van der Waals surface area contributed by atoms with E-state index in [9.17, 15) is 26.5 Å². The molecule has 0 amide bonds. The monoisotopic (exact) mass is 566 g/mol. The van der Waals surface area contributed by atoms with Crippen LogP contribution in [0.25, 0.3) is 0 Å². The van der Waals surface area contributed by atoms with E-state index in [0.29, 0.717) is 0 Å². The molecular weight excluding hydrogens is 544 g/mol. The number of azo groups is 2. The first kappa shape index (κ1) is 27.4. The van der Waals surface area contributed by atoms with Gasteiger partial charge in [0.05, 0.1) is 21.2 Å². The Morgan fingerprint density at radius 1 is 0.667 bits per heavy atom. The van der Waals surface area contributed by atoms with E-state index < -0.39 is 30.5 Å². The standard InChI is InChI=1S/C25H22N6O6S2/c1-15-11-12-20(32)18(13-15)29-31-25-23(26)19(14-22(24(25)27)39(35,36)37)30-28-17-9-5-6-10-21(17)38(33,34)16-7-3-2-4-8-16/h2-14,32H,26-27H2,1H3,(H,35,36,37). The summed E-state index contributed by atoms with van der Waals surface area (Å²) in [6, 6.07) is 18.9.